The van der Waals surface area contributed by atoms with Crippen LogP contribution in [0.25, 0.3) is 5.69 Å². The minimum atomic E-state index is -0.429. The fourth-order valence-electron chi connectivity index (χ4n) is 3.57. The maximum absolute atomic E-state index is 12.5. The molecule has 0 radical (unpaired) electrons. The Morgan fingerprint density at radius 2 is 1.81 bits per heavy atom. The van der Waals surface area contributed by atoms with Crippen molar-refractivity contribution in [2.24, 2.45) is 0 Å². The van der Waals surface area contributed by atoms with Gasteiger partial charge in [-0.25, -0.2) is 9.36 Å². The first-order valence-electron chi connectivity index (χ1n) is 9.02. The molecule has 0 bridgehead atoms. The Hall–Kier alpha value is -3.12. The summed E-state index contributed by atoms with van der Waals surface area (Å²) in [5.41, 5.74) is 2.79. The quantitative estimate of drug-likeness (QED) is 0.752. The highest BCUT2D eigenvalue weighted by Crippen LogP contribution is 2.27. The molecular weight excluding hydrogens is 340 g/mol. The molecule has 2 aromatic carbocycles. The number of fused-ring (bicyclic) bond motifs is 1. The van der Waals surface area contributed by atoms with Crippen LogP contribution in [0.2, 0.25) is 0 Å². The van der Waals surface area contributed by atoms with Gasteiger partial charge < -0.3 is 5.32 Å². The second-order valence-electron chi connectivity index (χ2n) is 6.93. The van der Waals surface area contributed by atoms with E-state index in [0.29, 0.717) is 24.6 Å². The van der Waals surface area contributed by atoms with Crippen molar-refractivity contribution in [3.8, 4) is 5.69 Å². The molecule has 0 fully saturated rings. The number of aromatic nitrogens is 2. The van der Waals surface area contributed by atoms with E-state index >= 15 is 0 Å². The molecule has 4 rings (SSSR count). The van der Waals surface area contributed by atoms with Gasteiger partial charge in [0.1, 0.15) is 5.82 Å². The molecule has 0 amide bonds. The number of aryl methyl sites for hydroxylation is 1. The summed E-state index contributed by atoms with van der Waals surface area (Å²) in [6.45, 7) is 5.12. The van der Waals surface area contributed by atoms with Crippen molar-refractivity contribution in [3.63, 3.8) is 0 Å². The molecule has 0 spiro atoms. The summed E-state index contributed by atoms with van der Waals surface area (Å²) in [5, 5.41) is 3.30. The molecular formula is C21H22N4O2. The largest absolute Gasteiger partial charge is 0.358 e. The van der Waals surface area contributed by atoms with Crippen molar-refractivity contribution in [1.29, 1.82) is 0 Å². The van der Waals surface area contributed by atoms with Crippen molar-refractivity contribution in [1.82, 2.24) is 14.5 Å². The maximum atomic E-state index is 12.5. The van der Waals surface area contributed by atoms with Crippen LogP contribution in [0.3, 0.4) is 0 Å². The minimum absolute atomic E-state index is 0.144. The first-order valence-corrected chi connectivity index (χ1v) is 9.02. The average molecular weight is 362 g/mol. The van der Waals surface area contributed by atoms with Crippen LogP contribution < -0.4 is 16.6 Å². The van der Waals surface area contributed by atoms with Gasteiger partial charge in [0.05, 0.1) is 17.9 Å². The zero-order valence-corrected chi connectivity index (χ0v) is 15.4. The van der Waals surface area contributed by atoms with Gasteiger partial charge in [-0.15, -0.1) is 0 Å². The van der Waals surface area contributed by atoms with E-state index in [2.05, 4.69) is 34.3 Å². The predicted octanol–water partition coefficient (Wildman–Crippen LogP) is 2.78. The molecule has 0 saturated heterocycles. The second-order valence-corrected chi connectivity index (χ2v) is 6.93. The van der Waals surface area contributed by atoms with Crippen LogP contribution in [0, 0.1) is 6.92 Å². The summed E-state index contributed by atoms with van der Waals surface area (Å²) in [7, 11) is 0. The monoisotopic (exact) mass is 362 g/mol. The standard InChI is InChI=1S/C21H22N4O2/c1-14-7-6-10-17(11-14)25-19-18(20(26)23-21(25)27)12-24(13-22-19)15(2)16-8-4-3-5-9-16/h3-11,15,22H,12-13H2,1-2H3,(H,23,26,27)/t15-/m1/s1. The van der Waals surface area contributed by atoms with E-state index in [1.165, 1.54) is 5.56 Å². The fourth-order valence-corrected chi connectivity index (χ4v) is 3.57. The van der Waals surface area contributed by atoms with Crippen LogP contribution in [-0.2, 0) is 6.54 Å². The van der Waals surface area contributed by atoms with Crippen LogP contribution in [-0.4, -0.2) is 21.1 Å². The first kappa shape index (κ1) is 17.3. The van der Waals surface area contributed by atoms with Gasteiger partial charge in [0.15, 0.2) is 0 Å². The average Bonchev–Trinajstić information content (AvgIpc) is 2.68. The van der Waals surface area contributed by atoms with E-state index in [-0.39, 0.29) is 11.6 Å². The molecule has 138 valence electrons. The van der Waals surface area contributed by atoms with Gasteiger partial charge in [0.2, 0.25) is 0 Å². The molecule has 0 unspecified atom stereocenters. The number of benzene rings is 2. The van der Waals surface area contributed by atoms with Crippen molar-refractivity contribution < 1.29 is 0 Å². The SMILES string of the molecule is Cc1cccc(-n2c3c(c(=O)[nH]c2=O)CN([C@H](C)c2ccccc2)CN3)c1. The van der Waals surface area contributed by atoms with Crippen LogP contribution in [0.5, 0.6) is 0 Å². The van der Waals surface area contributed by atoms with Gasteiger partial charge in [0, 0.05) is 12.6 Å². The Morgan fingerprint density at radius 3 is 2.56 bits per heavy atom. The number of hydrogen-bond acceptors (Lipinski definition) is 4. The third-order valence-electron chi connectivity index (χ3n) is 5.11. The van der Waals surface area contributed by atoms with E-state index in [9.17, 15) is 9.59 Å². The molecule has 1 aliphatic heterocycles. The zero-order chi connectivity index (χ0) is 19.0. The summed E-state index contributed by atoms with van der Waals surface area (Å²) >= 11 is 0. The summed E-state index contributed by atoms with van der Waals surface area (Å²) in [6.07, 6.45) is 0. The molecule has 0 saturated carbocycles. The number of hydrogen-bond donors (Lipinski definition) is 2. The number of nitrogens with one attached hydrogen (secondary N) is 2. The summed E-state index contributed by atoms with van der Waals surface area (Å²) in [5.74, 6) is 0.575. The minimum Gasteiger partial charge on any atom is -0.358 e. The molecule has 0 aliphatic carbocycles. The Morgan fingerprint density at radius 1 is 1.04 bits per heavy atom. The van der Waals surface area contributed by atoms with Crippen molar-refractivity contribution >= 4 is 5.82 Å². The van der Waals surface area contributed by atoms with E-state index < -0.39 is 5.69 Å². The highest BCUT2D eigenvalue weighted by molar-refractivity contribution is 5.52. The molecule has 3 aromatic rings. The third-order valence-corrected chi connectivity index (χ3v) is 5.11. The van der Waals surface area contributed by atoms with Crippen LogP contribution in [0.1, 0.15) is 29.7 Å². The summed E-state index contributed by atoms with van der Waals surface area (Å²) in [6, 6.07) is 18.0. The molecule has 1 aromatic heterocycles. The van der Waals surface area contributed by atoms with Gasteiger partial charge in [-0.05, 0) is 37.1 Å². The van der Waals surface area contributed by atoms with Crippen LogP contribution in [0.4, 0.5) is 5.82 Å². The van der Waals surface area contributed by atoms with Crippen molar-refractivity contribution in [2.75, 3.05) is 12.0 Å². The van der Waals surface area contributed by atoms with Gasteiger partial charge in [-0.3, -0.25) is 14.7 Å². The van der Waals surface area contributed by atoms with Crippen LogP contribution >= 0.6 is 0 Å². The Bertz CT molecular complexity index is 1090. The number of H-pyrrole nitrogens is 1. The van der Waals surface area contributed by atoms with Crippen molar-refractivity contribution in [2.45, 2.75) is 26.4 Å². The maximum Gasteiger partial charge on any atom is 0.334 e. The van der Waals surface area contributed by atoms with E-state index in [1.54, 1.807) is 4.57 Å². The number of anilines is 1. The molecule has 2 heterocycles. The zero-order valence-electron chi connectivity index (χ0n) is 15.4. The highest BCUT2D eigenvalue weighted by atomic mass is 16.2. The van der Waals surface area contributed by atoms with Crippen LogP contribution in [0.15, 0.2) is 64.2 Å². The Kier molecular flexibility index (Phi) is 4.41. The summed E-state index contributed by atoms with van der Waals surface area (Å²) in [4.78, 5) is 29.7. The Balaban J connectivity index is 1.76. The van der Waals surface area contributed by atoms with Gasteiger partial charge in [-0.1, -0.05) is 42.5 Å². The molecule has 2 N–H and O–H groups in total. The van der Waals surface area contributed by atoms with Gasteiger partial charge in [0.25, 0.3) is 5.56 Å². The number of nitrogens with zero attached hydrogens (tertiary/aromatic N) is 2. The smallest absolute Gasteiger partial charge is 0.334 e. The highest BCUT2D eigenvalue weighted by Gasteiger charge is 2.26. The van der Waals surface area contributed by atoms with Crippen molar-refractivity contribution in [3.05, 3.63) is 92.1 Å². The third kappa shape index (κ3) is 3.19. The lowest BCUT2D eigenvalue weighted by Crippen LogP contribution is -2.43. The predicted molar refractivity (Wildman–Crippen MR) is 106 cm³/mol. The topological polar surface area (TPSA) is 70.1 Å². The molecule has 1 aliphatic rings. The lowest BCUT2D eigenvalue weighted by Gasteiger charge is -2.35. The normalized spacial score (nSPS) is 15.0. The van der Waals surface area contributed by atoms with E-state index in [1.807, 2.05) is 49.4 Å². The first-order chi connectivity index (χ1) is 13.0. The van der Waals surface area contributed by atoms with E-state index in [4.69, 9.17) is 0 Å². The van der Waals surface area contributed by atoms with Gasteiger partial charge in [-0.2, -0.15) is 0 Å². The lowest BCUT2D eigenvalue weighted by atomic mass is 10.1. The lowest BCUT2D eigenvalue weighted by molar-refractivity contribution is 0.207. The Labute approximate surface area is 157 Å². The number of aromatic amines is 1. The molecule has 6 nitrogen and oxygen atoms in total. The molecule has 1 atom stereocenters. The molecule has 27 heavy (non-hydrogen) atoms. The van der Waals surface area contributed by atoms with Gasteiger partial charge >= 0.3 is 5.69 Å². The second kappa shape index (κ2) is 6.89. The molecule has 6 heteroatoms. The summed E-state index contributed by atoms with van der Waals surface area (Å²) < 4.78 is 1.55. The van der Waals surface area contributed by atoms with E-state index in [0.717, 1.165) is 11.3 Å². The number of rotatable bonds is 3. The fraction of sp³-hybridized carbons (Fsp3) is 0.238.